The first kappa shape index (κ1) is 16.9. The zero-order chi connectivity index (χ0) is 16.2. The summed E-state index contributed by atoms with van der Waals surface area (Å²) < 4.78 is 46.7. The summed E-state index contributed by atoms with van der Waals surface area (Å²) in [4.78, 5) is 0. The predicted molar refractivity (Wildman–Crippen MR) is 82.7 cm³/mol. The van der Waals surface area contributed by atoms with E-state index in [1.165, 1.54) is 18.2 Å². The molecule has 2 rings (SSSR count). The van der Waals surface area contributed by atoms with Crippen LogP contribution in [0.1, 0.15) is 44.6 Å². The summed E-state index contributed by atoms with van der Waals surface area (Å²) in [5.74, 6) is -3.02. The molecule has 0 radical (unpaired) electrons. The van der Waals surface area contributed by atoms with Crippen molar-refractivity contribution in [2.75, 3.05) is 6.61 Å². The third-order valence-electron chi connectivity index (χ3n) is 4.35. The summed E-state index contributed by atoms with van der Waals surface area (Å²) in [6.45, 7) is 4.92. The second-order valence-corrected chi connectivity index (χ2v) is 6.37. The third kappa shape index (κ3) is 4.79. The van der Waals surface area contributed by atoms with Crippen molar-refractivity contribution in [2.24, 2.45) is 11.8 Å². The van der Waals surface area contributed by atoms with Crippen molar-refractivity contribution >= 4 is 6.08 Å². The minimum Gasteiger partial charge on any atom is -0.484 e. The minimum absolute atomic E-state index is 0.0442. The van der Waals surface area contributed by atoms with E-state index >= 15 is 0 Å². The maximum atomic E-state index is 14.0. The molecule has 1 nitrogen and oxygen atoms in total. The van der Waals surface area contributed by atoms with Gasteiger partial charge in [0.2, 0.25) is 0 Å². The largest absolute Gasteiger partial charge is 0.484 e. The average molecular weight is 312 g/mol. The molecule has 0 amide bonds. The Kier molecular flexibility index (Phi) is 5.54. The van der Waals surface area contributed by atoms with Gasteiger partial charge in [-0.3, -0.25) is 0 Å². The second kappa shape index (κ2) is 7.21. The van der Waals surface area contributed by atoms with Crippen molar-refractivity contribution in [1.82, 2.24) is 0 Å². The second-order valence-electron chi connectivity index (χ2n) is 6.37. The normalized spacial score (nSPS) is 22.4. The van der Waals surface area contributed by atoms with E-state index in [-0.39, 0.29) is 18.1 Å². The van der Waals surface area contributed by atoms with Gasteiger partial charge >= 0.3 is 0 Å². The van der Waals surface area contributed by atoms with E-state index in [1.807, 2.05) is 0 Å². The van der Waals surface area contributed by atoms with Crippen LogP contribution in [0.5, 0.6) is 5.75 Å². The van der Waals surface area contributed by atoms with Crippen molar-refractivity contribution in [3.8, 4) is 5.75 Å². The molecular formula is C18H23F3O. The van der Waals surface area contributed by atoms with Crippen LogP contribution < -0.4 is 4.74 Å². The lowest BCUT2D eigenvalue weighted by atomic mass is 9.80. The highest BCUT2D eigenvalue weighted by atomic mass is 19.3. The Morgan fingerprint density at radius 2 is 1.95 bits per heavy atom. The number of alkyl halides is 2. The van der Waals surface area contributed by atoms with E-state index in [9.17, 15) is 13.2 Å². The zero-order valence-corrected chi connectivity index (χ0v) is 13.0. The first-order valence-corrected chi connectivity index (χ1v) is 7.82. The molecule has 0 N–H and O–H groups in total. The van der Waals surface area contributed by atoms with Gasteiger partial charge in [-0.25, -0.2) is 13.2 Å². The summed E-state index contributed by atoms with van der Waals surface area (Å²) >= 11 is 0. The van der Waals surface area contributed by atoms with Crippen LogP contribution in [-0.4, -0.2) is 12.5 Å². The number of rotatable bonds is 6. The smallest absolute Gasteiger partial charge is 0.281 e. The summed E-state index contributed by atoms with van der Waals surface area (Å²) in [5, 5.41) is 0. The van der Waals surface area contributed by atoms with E-state index in [4.69, 9.17) is 4.74 Å². The molecule has 1 aliphatic carbocycles. The van der Waals surface area contributed by atoms with Crippen LogP contribution in [0, 0.1) is 17.7 Å². The fourth-order valence-electron chi connectivity index (χ4n) is 2.96. The van der Waals surface area contributed by atoms with Gasteiger partial charge in [0.15, 0.2) is 18.2 Å². The van der Waals surface area contributed by atoms with Gasteiger partial charge < -0.3 is 4.74 Å². The van der Waals surface area contributed by atoms with Crippen LogP contribution >= 0.6 is 0 Å². The van der Waals surface area contributed by atoms with Gasteiger partial charge in [-0.15, -0.1) is 0 Å². The lowest BCUT2D eigenvalue weighted by molar-refractivity contribution is -0.0646. The Labute approximate surface area is 130 Å². The SMILES string of the molecule is C=Cc1ccc(OCC(F)(F)CC2CCC(C)CC2)c(F)c1. The molecule has 1 saturated carbocycles. The number of hydrogen-bond acceptors (Lipinski definition) is 1. The highest BCUT2D eigenvalue weighted by Gasteiger charge is 2.35. The Balaban J connectivity index is 1.87. The molecule has 1 fully saturated rings. The van der Waals surface area contributed by atoms with E-state index in [0.29, 0.717) is 11.5 Å². The first-order valence-electron chi connectivity index (χ1n) is 7.82. The van der Waals surface area contributed by atoms with Crippen molar-refractivity contribution < 1.29 is 17.9 Å². The minimum atomic E-state index is -2.92. The Morgan fingerprint density at radius 1 is 1.27 bits per heavy atom. The molecule has 22 heavy (non-hydrogen) atoms. The Hall–Kier alpha value is -1.45. The summed E-state index contributed by atoms with van der Waals surface area (Å²) in [6, 6.07) is 4.18. The number of benzene rings is 1. The van der Waals surface area contributed by atoms with Crippen molar-refractivity contribution in [1.29, 1.82) is 0 Å². The van der Waals surface area contributed by atoms with Crippen molar-refractivity contribution in [3.05, 3.63) is 36.2 Å². The molecule has 0 aromatic heterocycles. The summed E-state index contributed by atoms with van der Waals surface area (Å²) in [7, 11) is 0. The van der Waals surface area contributed by atoms with Crippen molar-refractivity contribution in [2.45, 2.75) is 45.0 Å². The molecule has 0 heterocycles. The van der Waals surface area contributed by atoms with Gasteiger partial charge in [-0.2, -0.15) is 0 Å². The molecule has 1 aromatic carbocycles. The van der Waals surface area contributed by atoms with E-state index in [1.54, 1.807) is 6.07 Å². The summed E-state index contributed by atoms with van der Waals surface area (Å²) in [6.07, 6.45) is 5.04. The number of hydrogen-bond donors (Lipinski definition) is 0. The molecule has 1 aliphatic rings. The van der Waals surface area contributed by atoms with Crippen LogP contribution in [0.4, 0.5) is 13.2 Å². The maximum Gasteiger partial charge on any atom is 0.281 e. The molecule has 1 aromatic rings. The highest BCUT2D eigenvalue weighted by Crippen LogP contribution is 2.36. The van der Waals surface area contributed by atoms with Gasteiger partial charge in [0.05, 0.1) is 0 Å². The van der Waals surface area contributed by atoms with Crippen LogP contribution in [0.15, 0.2) is 24.8 Å². The molecule has 0 saturated heterocycles. The maximum absolute atomic E-state index is 14.0. The topological polar surface area (TPSA) is 9.23 Å². The van der Waals surface area contributed by atoms with Gasteiger partial charge in [0, 0.05) is 6.42 Å². The lowest BCUT2D eigenvalue weighted by Crippen LogP contribution is -2.30. The van der Waals surface area contributed by atoms with Gasteiger partial charge in [0.25, 0.3) is 5.92 Å². The van der Waals surface area contributed by atoms with Crippen LogP contribution in [0.25, 0.3) is 6.08 Å². The average Bonchev–Trinajstić information content (AvgIpc) is 2.48. The third-order valence-corrected chi connectivity index (χ3v) is 4.35. The lowest BCUT2D eigenvalue weighted by Gasteiger charge is -2.29. The first-order chi connectivity index (χ1) is 10.4. The highest BCUT2D eigenvalue weighted by molar-refractivity contribution is 5.48. The standard InChI is InChI=1S/C18H23F3O/c1-3-14-8-9-17(16(19)10-14)22-12-18(20,21)11-15-6-4-13(2)5-7-15/h3,8-10,13,15H,1,4-7,11-12H2,2H3. The predicted octanol–water partition coefficient (Wildman–Crippen LogP) is 5.70. The molecular weight excluding hydrogens is 289 g/mol. The van der Waals surface area contributed by atoms with Gasteiger partial charge in [0.1, 0.15) is 0 Å². The summed E-state index contributed by atoms with van der Waals surface area (Å²) in [5.41, 5.74) is 0.591. The molecule has 122 valence electrons. The molecule has 0 spiro atoms. The molecule has 0 bridgehead atoms. The number of halogens is 3. The molecule has 0 aliphatic heterocycles. The molecule has 0 atom stereocenters. The van der Waals surface area contributed by atoms with E-state index < -0.39 is 18.3 Å². The van der Waals surface area contributed by atoms with E-state index in [2.05, 4.69) is 13.5 Å². The van der Waals surface area contributed by atoms with Crippen LogP contribution in [-0.2, 0) is 0 Å². The fraction of sp³-hybridized carbons (Fsp3) is 0.556. The van der Waals surface area contributed by atoms with Crippen LogP contribution in [0.3, 0.4) is 0 Å². The van der Waals surface area contributed by atoms with Crippen molar-refractivity contribution in [3.63, 3.8) is 0 Å². The monoisotopic (exact) mass is 312 g/mol. The van der Waals surface area contributed by atoms with Gasteiger partial charge in [-0.05, 0) is 42.4 Å². The molecule has 4 heteroatoms. The Bertz CT molecular complexity index is 505. The molecule has 0 unspecified atom stereocenters. The number of ether oxygens (including phenoxy) is 1. The van der Waals surface area contributed by atoms with E-state index in [0.717, 1.165) is 25.7 Å². The Morgan fingerprint density at radius 3 is 2.55 bits per heavy atom. The quantitative estimate of drug-likeness (QED) is 0.655. The zero-order valence-electron chi connectivity index (χ0n) is 13.0. The van der Waals surface area contributed by atoms with Crippen LogP contribution in [0.2, 0.25) is 0 Å². The fourth-order valence-corrected chi connectivity index (χ4v) is 2.96. The van der Waals surface area contributed by atoms with Gasteiger partial charge in [-0.1, -0.05) is 38.5 Å².